The molecule has 0 bridgehead atoms. The van der Waals surface area contributed by atoms with Crippen LogP contribution in [-0.2, 0) is 20.0 Å². The van der Waals surface area contributed by atoms with E-state index in [1.165, 1.54) is 28.6 Å². The number of rotatable bonds is 6. The highest BCUT2D eigenvalue weighted by molar-refractivity contribution is 7.89. The third-order valence-corrected chi connectivity index (χ3v) is 10.2. The molecule has 8 heteroatoms. The van der Waals surface area contributed by atoms with Gasteiger partial charge in [0.1, 0.15) is 0 Å². The van der Waals surface area contributed by atoms with E-state index in [2.05, 4.69) is 11.6 Å². The fraction of sp³-hybridized carbons (Fsp3) is 0.500. The third kappa shape index (κ3) is 5.09. The molecule has 1 saturated carbocycles. The van der Waals surface area contributed by atoms with Crippen molar-refractivity contribution in [1.82, 2.24) is 9.03 Å². The average Bonchev–Trinajstić information content (AvgIpc) is 2.81. The normalized spacial score (nSPS) is 25.5. The molecule has 4 rings (SSSR count). The lowest BCUT2D eigenvalue weighted by molar-refractivity contribution is 0.310. The molecule has 0 amide bonds. The van der Waals surface area contributed by atoms with Crippen molar-refractivity contribution in [2.75, 3.05) is 13.1 Å². The second kappa shape index (κ2) is 9.63. The summed E-state index contributed by atoms with van der Waals surface area (Å²) in [5.41, 5.74) is 1.15. The summed E-state index contributed by atoms with van der Waals surface area (Å²) in [7, 11) is -7.37. The molecule has 0 radical (unpaired) electrons. The number of nitrogens with one attached hydrogen (secondary N) is 1. The summed E-state index contributed by atoms with van der Waals surface area (Å²) in [6.07, 6.45) is 5.77. The Morgan fingerprint density at radius 3 is 2.16 bits per heavy atom. The first kappa shape index (κ1) is 23.4. The molecule has 2 aliphatic rings. The molecule has 2 fully saturated rings. The summed E-state index contributed by atoms with van der Waals surface area (Å²) in [6.45, 7) is 2.99. The SMILES string of the molecule is C[C@@H]1CCCC[C@@H]1NS(=O)(=O)c1ccc(S(=O)(=O)N2CCC[C@H](c3ccccc3)C2)cc1. The molecule has 6 nitrogen and oxygen atoms in total. The van der Waals surface area contributed by atoms with E-state index in [0.29, 0.717) is 19.0 Å². The molecule has 2 aromatic carbocycles. The molecule has 3 atom stereocenters. The van der Waals surface area contributed by atoms with Gasteiger partial charge in [-0.05, 0) is 67.3 Å². The minimum Gasteiger partial charge on any atom is -0.208 e. The largest absolute Gasteiger partial charge is 0.243 e. The predicted octanol–water partition coefficient (Wildman–Crippen LogP) is 4.11. The van der Waals surface area contributed by atoms with Crippen molar-refractivity contribution < 1.29 is 16.8 Å². The molecule has 1 aliphatic carbocycles. The number of sulfonamides is 2. The van der Waals surface area contributed by atoms with Crippen LogP contribution in [0.2, 0.25) is 0 Å². The van der Waals surface area contributed by atoms with E-state index in [1.54, 1.807) is 0 Å². The molecule has 0 spiro atoms. The number of hydrogen-bond acceptors (Lipinski definition) is 4. The Kier molecular flexibility index (Phi) is 7.05. The van der Waals surface area contributed by atoms with Crippen LogP contribution in [0.1, 0.15) is 56.9 Å². The Bertz CT molecular complexity index is 1120. The zero-order chi connectivity index (χ0) is 22.8. The Morgan fingerprint density at radius 2 is 1.47 bits per heavy atom. The predicted molar refractivity (Wildman–Crippen MR) is 125 cm³/mol. The van der Waals surface area contributed by atoms with E-state index < -0.39 is 20.0 Å². The summed E-state index contributed by atoms with van der Waals surface area (Å²) in [6, 6.07) is 15.6. The van der Waals surface area contributed by atoms with Crippen LogP contribution in [0.5, 0.6) is 0 Å². The van der Waals surface area contributed by atoms with Crippen molar-refractivity contribution in [3.8, 4) is 0 Å². The summed E-state index contributed by atoms with van der Waals surface area (Å²) in [5.74, 6) is 0.468. The number of piperidine rings is 1. The van der Waals surface area contributed by atoms with Crippen LogP contribution in [0.3, 0.4) is 0 Å². The van der Waals surface area contributed by atoms with E-state index in [0.717, 1.165) is 44.1 Å². The monoisotopic (exact) mass is 476 g/mol. The van der Waals surface area contributed by atoms with Gasteiger partial charge in [0.05, 0.1) is 9.79 Å². The maximum absolute atomic E-state index is 13.2. The number of hydrogen-bond donors (Lipinski definition) is 1. The second-order valence-corrected chi connectivity index (χ2v) is 12.7. The molecule has 1 heterocycles. The molecule has 32 heavy (non-hydrogen) atoms. The van der Waals surface area contributed by atoms with E-state index in [1.807, 2.05) is 30.3 Å². The quantitative estimate of drug-likeness (QED) is 0.680. The van der Waals surface area contributed by atoms with E-state index >= 15 is 0 Å². The summed E-state index contributed by atoms with van der Waals surface area (Å²) in [4.78, 5) is 0.242. The highest BCUT2D eigenvalue weighted by Gasteiger charge is 2.32. The summed E-state index contributed by atoms with van der Waals surface area (Å²) < 4.78 is 56.5. The van der Waals surface area contributed by atoms with Gasteiger partial charge in [-0.15, -0.1) is 0 Å². The van der Waals surface area contributed by atoms with Crippen LogP contribution >= 0.6 is 0 Å². The van der Waals surface area contributed by atoms with Crippen molar-refractivity contribution >= 4 is 20.0 Å². The fourth-order valence-electron chi connectivity index (χ4n) is 4.86. The van der Waals surface area contributed by atoms with Crippen LogP contribution < -0.4 is 4.72 Å². The zero-order valence-electron chi connectivity index (χ0n) is 18.5. The third-order valence-electron chi connectivity index (χ3n) is 6.84. The van der Waals surface area contributed by atoms with Crippen molar-refractivity contribution in [3.63, 3.8) is 0 Å². The fourth-order valence-corrected chi connectivity index (χ4v) is 7.76. The van der Waals surface area contributed by atoms with Crippen molar-refractivity contribution in [2.24, 2.45) is 5.92 Å². The first-order valence-electron chi connectivity index (χ1n) is 11.4. The first-order chi connectivity index (χ1) is 15.3. The average molecular weight is 477 g/mol. The van der Waals surface area contributed by atoms with Gasteiger partial charge in [0.25, 0.3) is 0 Å². The topological polar surface area (TPSA) is 83.5 Å². The molecule has 1 aliphatic heterocycles. The minimum absolute atomic E-state index is 0.0690. The van der Waals surface area contributed by atoms with Crippen LogP contribution in [0.15, 0.2) is 64.4 Å². The molecular weight excluding hydrogens is 444 g/mol. The lowest BCUT2D eigenvalue weighted by Crippen LogP contribution is -2.41. The van der Waals surface area contributed by atoms with Gasteiger partial charge in [0.15, 0.2) is 0 Å². The van der Waals surface area contributed by atoms with Gasteiger partial charge in [-0.25, -0.2) is 21.6 Å². The van der Waals surface area contributed by atoms with Gasteiger partial charge in [-0.3, -0.25) is 0 Å². The summed E-state index contributed by atoms with van der Waals surface area (Å²) >= 11 is 0. The molecule has 0 aromatic heterocycles. The van der Waals surface area contributed by atoms with E-state index in [9.17, 15) is 16.8 Å². The highest BCUT2D eigenvalue weighted by atomic mass is 32.2. The van der Waals surface area contributed by atoms with Crippen molar-refractivity contribution in [2.45, 2.75) is 67.2 Å². The number of nitrogens with zero attached hydrogens (tertiary/aromatic N) is 1. The van der Waals surface area contributed by atoms with Gasteiger partial charge < -0.3 is 0 Å². The molecule has 1 N–H and O–H groups in total. The highest BCUT2D eigenvalue weighted by Crippen LogP contribution is 2.31. The molecule has 1 saturated heterocycles. The van der Waals surface area contributed by atoms with Gasteiger partial charge in [-0.1, -0.05) is 50.1 Å². The van der Waals surface area contributed by atoms with E-state index in [4.69, 9.17) is 0 Å². The molecular formula is C24H32N2O4S2. The van der Waals surface area contributed by atoms with Crippen LogP contribution in [0.4, 0.5) is 0 Å². The lowest BCUT2D eigenvalue weighted by Gasteiger charge is -2.32. The molecule has 174 valence electrons. The lowest BCUT2D eigenvalue weighted by atomic mass is 9.87. The zero-order valence-corrected chi connectivity index (χ0v) is 20.1. The van der Waals surface area contributed by atoms with E-state index in [-0.39, 0.29) is 21.8 Å². The Labute approximate surface area is 192 Å². The molecule has 2 aromatic rings. The van der Waals surface area contributed by atoms with Crippen LogP contribution in [0, 0.1) is 5.92 Å². The maximum Gasteiger partial charge on any atom is 0.243 e. The smallest absolute Gasteiger partial charge is 0.208 e. The van der Waals surface area contributed by atoms with Gasteiger partial charge in [0.2, 0.25) is 20.0 Å². The van der Waals surface area contributed by atoms with Gasteiger partial charge in [-0.2, -0.15) is 4.31 Å². The first-order valence-corrected chi connectivity index (χ1v) is 14.4. The van der Waals surface area contributed by atoms with Gasteiger partial charge in [0, 0.05) is 19.1 Å². The van der Waals surface area contributed by atoms with Crippen molar-refractivity contribution in [3.05, 3.63) is 60.2 Å². The molecule has 0 unspecified atom stereocenters. The Morgan fingerprint density at radius 1 is 0.812 bits per heavy atom. The van der Waals surface area contributed by atoms with Gasteiger partial charge >= 0.3 is 0 Å². The second-order valence-electron chi connectivity index (χ2n) is 9.07. The van der Waals surface area contributed by atoms with Crippen molar-refractivity contribution in [1.29, 1.82) is 0 Å². The van der Waals surface area contributed by atoms with Crippen LogP contribution in [-0.4, -0.2) is 40.3 Å². The Balaban J connectivity index is 1.49. The standard InChI is InChI=1S/C24H32N2O4S2/c1-19-8-5-6-12-24(19)25-31(27,28)22-13-15-23(16-14-22)32(29,30)26-17-7-11-21(18-26)20-9-3-2-4-10-20/h2-4,9-10,13-16,19,21,24-25H,5-8,11-12,17-18H2,1H3/t19-,21+,24+/m1/s1. The Hall–Kier alpha value is -1.74. The van der Waals surface area contributed by atoms with Crippen LogP contribution in [0.25, 0.3) is 0 Å². The number of benzene rings is 2. The minimum atomic E-state index is -3.68. The maximum atomic E-state index is 13.2. The summed E-state index contributed by atoms with van der Waals surface area (Å²) in [5, 5.41) is 0.